The largest absolute Gasteiger partial charge is 0.417 e. The third kappa shape index (κ3) is 4.97. The Balaban J connectivity index is 1.44. The number of hydrogen-bond donors (Lipinski definition) is 0. The molecule has 2 aromatic carbocycles. The minimum Gasteiger partial charge on any atom is -0.237 e. The Kier molecular flexibility index (Phi) is 7.07. The zero-order valence-corrected chi connectivity index (χ0v) is 22.3. The van der Waals surface area contributed by atoms with Gasteiger partial charge >= 0.3 is 6.18 Å². The smallest absolute Gasteiger partial charge is 0.237 e. The van der Waals surface area contributed by atoms with Crippen molar-refractivity contribution < 1.29 is 26.0 Å². The summed E-state index contributed by atoms with van der Waals surface area (Å²) in [5.74, 6) is -0.638. The number of aromatic nitrogens is 2. The Bertz CT molecular complexity index is 1610. The molecule has 0 amide bonds. The average Bonchev–Trinajstić information content (AvgIpc) is 3.49. The van der Waals surface area contributed by atoms with Crippen molar-refractivity contribution in [1.29, 1.82) is 5.26 Å². The first-order chi connectivity index (χ1) is 18.4. The lowest BCUT2D eigenvalue weighted by Crippen LogP contribution is -2.36. The maximum absolute atomic E-state index is 13.4. The van der Waals surface area contributed by atoms with E-state index in [0.29, 0.717) is 18.9 Å². The molecule has 204 valence electrons. The first-order valence-corrected chi connectivity index (χ1v) is 14.0. The lowest BCUT2D eigenvalue weighted by atomic mass is 9.80. The number of nitriles is 1. The molecule has 1 heterocycles. The molecule has 0 aliphatic heterocycles. The molecule has 0 unspecified atom stereocenters. The van der Waals surface area contributed by atoms with Gasteiger partial charge in [-0.05, 0) is 61.2 Å². The van der Waals surface area contributed by atoms with Crippen molar-refractivity contribution in [2.75, 3.05) is 13.1 Å². The number of nitrogens with zero attached hydrogens (tertiary/aromatic N) is 4. The second-order valence-corrected chi connectivity index (χ2v) is 12.1. The van der Waals surface area contributed by atoms with Crippen LogP contribution in [-0.4, -0.2) is 35.6 Å². The Hall–Kier alpha value is -3.20. The Labute approximate surface area is 228 Å². The van der Waals surface area contributed by atoms with Crippen molar-refractivity contribution in [3.8, 4) is 11.8 Å². The van der Waals surface area contributed by atoms with Gasteiger partial charge in [0, 0.05) is 24.4 Å². The van der Waals surface area contributed by atoms with Crippen LogP contribution in [0.5, 0.6) is 0 Å². The summed E-state index contributed by atoms with van der Waals surface area (Å²) in [7, 11) is -4.42. The zero-order chi connectivity index (χ0) is 28.1. The number of alkyl halides is 3. The summed E-state index contributed by atoms with van der Waals surface area (Å²) in [6, 6.07) is 10.3. The SMILES string of the molecule is C[C@@H]1C2=C(CC[C@@H]2CN(CC#N)S(=O)(=O)c2ccc(Cl)c(C(F)(F)F)c2)Cc2c1cnn2-c1ccc(F)cc1. The van der Waals surface area contributed by atoms with E-state index < -0.39 is 38.2 Å². The second-order valence-electron chi connectivity index (χ2n) is 9.72. The Morgan fingerprint density at radius 2 is 1.92 bits per heavy atom. The summed E-state index contributed by atoms with van der Waals surface area (Å²) in [6.07, 6.45) is -1.10. The topological polar surface area (TPSA) is 79.0 Å². The number of allylic oxidation sites excluding steroid dienone is 1. The van der Waals surface area contributed by atoms with Crippen LogP contribution in [-0.2, 0) is 22.6 Å². The molecule has 5 rings (SSSR count). The standard InChI is InChI=1S/C27H23ClF4N4O2S/c1-16-22-14-34-36(20-6-4-19(29)5-7-20)25(22)12-17-2-3-18(26(16)17)15-35(11-10-33)39(37,38)21-8-9-24(28)23(13-21)27(30,31)32/h4-9,13-14,16,18H,2-3,11-12,15H2,1H3/t16-,18+/m0/s1. The van der Waals surface area contributed by atoms with Gasteiger partial charge in [0.1, 0.15) is 12.4 Å². The normalized spacial score (nSPS) is 19.2. The summed E-state index contributed by atoms with van der Waals surface area (Å²) in [5, 5.41) is 13.3. The molecule has 39 heavy (non-hydrogen) atoms. The van der Waals surface area contributed by atoms with Crippen LogP contribution in [0.2, 0.25) is 5.02 Å². The van der Waals surface area contributed by atoms with Crippen LogP contribution in [0.15, 0.2) is 64.7 Å². The van der Waals surface area contributed by atoms with E-state index in [1.165, 1.54) is 12.1 Å². The van der Waals surface area contributed by atoms with E-state index in [2.05, 4.69) is 5.10 Å². The van der Waals surface area contributed by atoms with Crippen molar-refractivity contribution >= 4 is 21.6 Å². The Morgan fingerprint density at radius 3 is 2.59 bits per heavy atom. The molecule has 0 N–H and O–H groups in total. The van der Waals surface area contributed by atoms with E-state index in [-0.39, 0.29) is 24.2 Å². The van der Waals surface area contributed by atoms with Gasteiger partial charge in [-0.3, -0.25) is 0 Å². The van der Waals surface area contributed by atoms with Gasteiger partial charge in [-0.1, -0.05) is 29.7 Å². The van der Waals surface area contributed by atoms with Gasteiger partial charge in [-0.25, -0.2) is 17.5 Å². The molecule has 3 aromatic rings. The minimum absolute atomic E-state index is 0.0372. The molecule has 12 heteroatoms. The molecule has 2 atom stereocenters. The van der Waals surface area contributed by atoms with E-state index >= 15 is 0 Å². The molecule has 2 aliphatic rings. The van der Waals surface area contributed by atoms with Gasteiger partial charge in [-0.2, -0.15) is 27.8 Å². The monoisotopic (exact) mass is 578 g/mol. The van der Waals surface area contributed by atoms with Gasteiger partial charge < -0.3 is 0 Å². The molecule has 1 aromatic heterocycles. The number of sulfonamides is 1. The lowest BCUT2D eigenvalue weighted by molar-refractivity contribution is -0.137. The molecule has 0 radical (unpaired) electrons. The highest BCUT2D eigenvalue weighted by Crippen LogP contribution is 2.47. The molecule has 0 saturated heterocycles. The number of hydrogen-bond acceptors (Lipinski definition) is 4. The fraction of sp³-hybridized carbons (Fsp3) is 0.333. The van der Waals surface area contributed by atoms with Crippen molar-refractivity contribution in [3.63, 3.8) is 0 Å². The minimum atomic E-state index is -4.83. The number of halogens is 5. The van der Waals surface area contributed by atoms with Crippen LogP contribution in [0.4, 0.5) is 17.6 Å². The zero-order valence-electron chi connectivity index (χ0n) is 20.7. The highest BCUT2D eigenvalue weighted by atomic mass is 35.5. The Morgan fingerprint density at radius 1 is 1.21 bits per heavy atom. The molecule has 0 saturated carbocycles. The van der Waals surface area contributed by atoms with Crippen LogP contribution in [0.1, 0.15) is 42.5 Å². The molecular weight excluding hydrogens is 556 g/mol. The summed E-state index contributed by atoms with van der Waals surface area (Å²) in [6.45, 7) is 1.47. The second kappa shape index (κ2) is 10.1. The van der Waals surface area contributed by atoms with E-state index in [4.69, 9.17) is 11.6 Å². The summed E-state index contributed by atoms with van der Waals surface area (Å²) in [4.78, 5) is -0.568. The number of fused-ring (bicyclic) bond motifs is 1. The van der Waals surface area contributed by atoms with Crippen LogP contribution >= 0.6 is 11.6 Å². The van der Waals surface area contributed by atoms with Crippen molar-refractivity contribution in [2.24, 2.45) is 5.92 Å². The van der Waals surface area contributed by atoms with E-state index in [1.807, 2.05) is 13.0 Å². The average molecular weight is 579 g/mol. The predicted octanol–water partition coefficient (Wildman–Crippen LogP) is 6.26. The van der Waals surface area contributed by atoms with Crippen molar-refractivity contribution in [1.82, 2.24) is 14.1 Å². The number of rotatable bonds is 6. The van der Waals surface area contributed by atoms with Crippen molar-refractivity contribution in [2.45, 2.75) is 43.2 Å². The third-order valence-corrected chi connectivity index (χ3v) is 9.62. The molecule has 0 spiro atoms. The van der Waals surface area contributed by atoms with E-state index in [9.17, 15) is 31.2 Å². The first kappa shape index (κ1) is 27.4. The van der Waals surface area contributed by atoms with Gasteiger partial charge in [-0.15, -0.1) is 0 Å². The molecular formula is C27H23ClF4N4O2S. The van der Waals surface area contributed by atoms with E-state index in [0.717, 1.165) is 50.9 Å². The van der Waals surface area contributed by atoms with E-state index in [1.54, 1.807) is 23.0 Å². The summed E-state index contributed by atoms with van der Waals surface area (Å²) in [5.41, 5.74) is 3.67. The predicted molar refractivity (Wildman–Crippen MR) is 136 cm³/mol. The summed E-state index contributed by atoms with van der Waals surface area (Å²) < 4.78 is 83.2. The van der Waals surface area contributed by atoms with Gasteiger partial charge in [0.2, 0.25) is 10.0 Å². The summed E-state index contributed by atoms with van der Waals surface area (Å²) >= 11 is 5.68. The maximum atomic E-state index is 13.4. The molecule has 0 fully saturated rings. The highest BCUT2D eigenvalue weighted by molar-refractivity contribution is 7.89. The number of benzene rings is 2. The van der Waals surface area contributed by atoms with Crippen LogP contribution in [0.3, 0.4) is 0 Å². The first-order valence-electron chi connectivity index (χ1n) is 12.2. The molecule has 0 bridgehead atoms. The van der Waals surface area contributed by atoms with Gasteiger partial charge in [0.05, 0.1) is 39.1 Å². The fourth-order valence-corrected chi connectivity index (χ4v) is 7.31. The quantitative estimate of drug-likeness (QED) is 0.196. The third-order valence-electron chi connectivity index (χ3n) is 7.48. The van der Waals surface area contributed by atoms with Gasteiger partial charge in [0.25, 0.3) is 0 Å². The highest BCUT2D eigenvalue weighted by Gasteiger charge is 2.40. The van der Waals surface area contributed by atoms with Crippen LogP contribution in [0.25, 0.3) is 5.69 Å². The van der Waals surface area contributed by atoms with Crippen molar-refractivity contribution in [3.05, 3.63) is 87.5 Å². The maximum Gasteiger partial charge on any atom is 0.417 e. The van der Waals surface area contributed by atoms with Crippen LogP contribution < -0.4 is 0 Å². The van der Waals surface area contributed by atoms with Crippen LogP contribution in [0, 0.1) is 23.1 Å². The lowest BCUT2D eigenvalue weighted by Gasteiger charge is -2.30. The van der Waals surface area contributed by atoms with Gasteiger partial charge in [0.15, 0.2) is 0 Å². The fourth-order valence-electron chi connectivity index (χ4n) is 5.68. The molecule has 6 nitrogen and oxygen atoms in total. The molecule has 2 aliphatic carbocycles.